The summed E-state index contributed by atoms with van der Waals surface area (Å²) in [6, 6.07) is 0. The standard InChI is InChI=1S/C19H31N5O2S/c1-16-20-9-10-23(16)12-11-22(2)15-18-13-21-19(27(3,25)26)24(18)14-17-7-5-4-6-8-17/h9-10,13,17H,4-8,11-12,14-15H2,1-3H3. The van der Waals surface area contributed by atoms with E-state index >= 15 is 0 Å². The predicted molar refractivity (Wildman–Crippen MR) is 105 cm³/mol. The van der Waals surface area contributed by atoms with Crippen molar-refractivity contribution in [3.05, 3.63) is 30.1 Å². The molecule has 0 atom stereocenters. The van der Waals surface area contributed by atoms with Gasteiger partial charge in [-0.05, 0) is 32.7 Å². The van der Waals surface area contributed by atoms with Crippen LogP contribution < -0.4 is 0 Å². The molecule has 0 aromatic carbocycles. The molecular weight excluding hydrogens is 362 g/mol. The van der Waals surface area contributed by atoms with Gasteiger partial charge in [-0.3, -0.25) is 4.90 Å². The minimum atomic E-state index is -3.33. The van der Waals surface area contributed by atoms with Gasteiger partial charge in [0.2, 0.25) is 15.0 Å². The van der Waals surface area contributed by atoms with E-state index in [0.29, 0.717) is 12.5 Å². The molecule has 0 aliphatic heterocycles. The molecular formula is C19H31N5O2S. The quantitative estimate of drug-likeness (QED) is 0.689. The minimum Gasteiger partial charge on any atom is -0.334 e. The van der Waals surface area contributed by atoms with Crippen LogP contribution in [0.3, 0.4) is 0 Å². The molecule has 0 saturated heterocycles. The fraction of sp³-hybridized carbons (Fsp3) is 0.684. The fourth-order valence-electron chi connectivity index (χ4n) is 3.91. The maximum absolute atomic E-state index is 12.2. The molecule has 2 heterocycles. The molecule has 0 amide bonds. The van der Waals surface area contributed by atoms with Gasteiger partial charge in [0.15, 0.2) is 0 Å². The molecule has 2 aromatic heterocycles. The average molecular weight is 394 g/mol. The molecule has 7 nitrogen and oxygen atoms in total. The molecule has 1 fully saturated rings. The van der Waals surface area contributed by atoms with Crippen LogP contribution in [0, 0.1) is 12.8 Å². The van der Waals surface area contributed by atoms with E-state index in [1.165, 1.54) is 38.4 Å². The predicted octanol–water partition coefficient (Wildman–Crippen LogP) is 2.50. The lowest BCUT2D eigenvalue weighted by Crippen LogP contribution is -2.26. The van der Waals surface area contributed by atoms with Crippen molar-refractivity contribution in [2.75, 3.05) is 19.8 Å². The van der Waals surface area contributed by atoms with Gasteiger partial charge < -0.3 is 9.13 Å². The number of hydrogen-bond acceptors (Lipinski definition) is 5. The van der Waals surface area contributed by atoms with Crippen LogP contribution in [-0.4, -0.2) is 52.3 Å². The lowest BCUT2D eigenvalue weighted by Gasteiger charge is -2.25. The van der Waals surface area contributed by atoms with Crippen LogP contribution in [0.15, 0.2) is 23.7 Å². The van der Waals surface area contributed by atoms with E-state index in [4.69, 9.17) is 0 Å². The number of nitrogens with zero attached hydrogens (tertiary/aromatic N) is 5. The first kappa shape index (κ1) is 20.1. The van der Waals surface area contributed by atoms with E-state index in [1.54, 1.807) is 6.20 Å². The highest BCUT2D eigenvalue weighted by Gasteiger charge is 2.23. The normalized spacial score (nSPS) is 16.3. The Morgan fingerprint density at radius 2 is 1.96 bits per heavy atom. The summed E-state index contributed by atoms with van der Waals surface area (Å²) < 4.78 is 28.5. The zero-order chi connectivity index (χ0) is 19.4. The highest BCUT2D eigenvalue weighted by Crippen LogP contribution is 2.27. The van der Waals surface area contributed by atoms with Crippen LogP contribution in [0.1, 0.15) is 43.6 Å². The van der Waals surface area contributed by atoms with Crippen LogP contribution in [0.5, 0.6) is 0 Å². The van der Waals surface area contributed by atoms with Crippen LogP contribution in [-0.2, 0) is 29.5 Å². The molecule has 1 aliphatic carbocycles. The summed E-state index contributed by atoms with van der Waals surface area (Å²) in [6.07, 6.45) is 12.9. The number of imidazole rings is 2. The lowest BCUT2D eigenvalue weighted by molar-refractivity contribution is 0.279. The van der Waals surface area contributed by atoms with Crippen molar-refractivity contribution in [2.45, 2.75) is 63.8 Å². The van der Waals surface area contributed by atoms with E-state index in [2.05, 4.69) is 26.5 Å². The first-order valence-corrected chi connectivity index (χ1v) is 11.6. The lowest BCUT2D eigenvalue weighted by atomic mass is 9.89. The second-order valence-electron chi connectivity index (χ2n) is 7.82. The Morgan fingerprint density at radius 1 is 1.22 bits per heavy atom. The third-order valence-electron chi connectivity index (χ3n) is 5.48. The number of sulfone groups is 1. The molecule has 3 rings (SSSR count). The van der Waals surface area contributed by atoms with E-state index in [1.807, 2.05) is 23.9 Å². The van der Waals surface area contributed by atoms with Crippen LogP contribution in [0.25, 0.3) is 0 Å². The number of aryl methyl sites for hydroxylation is 1. The van der Waals surface area contributed by atoms with Crippen LogP contribution in [0.2, 0.25) is 0 Å². The molecule has 8 heteroatoms. The molecule has 0 spiro atoms. The van der Waals surface area contributed by atoms with Gasteiger partial charge in [-0.2, -0.15) is 0 Å². The first-order valence-electron chi connectivity index (χ1n) is 9.75. The third-order valence-corrected chi connectivity index (χ3v) is 6.47. The van der Waals surface area contributed by atoms with Gasteiger partial charge in [0.25, 0.3) is 0 Å². The van der Waals surface area contributed by atoms with Crippen LogP contribution >= 0.6 is 0 Å². The Bertz CT molecular complexity index is 849. The van der Waals surface area contributed by atoms with Crippen molar-refractivity contribution >= 4 is 9.84 Å². The molecule has 1 saturated carbocycles. The summed E-state index contributed by atoms with van der Waals surface area (Å²) in [4.78, 5) is 10.7. The van der Waals surface area contributed by atoms with Gasteiger partial charge in [0.05, 0.1) is 11.9 Å². The van der Waals surface area contributed by atoms with Crippen LogP contribution in [0.4, 0.5) is 0 Å². The number of aromatic nitrogens is 4. The van der Waals surface area contributed by atoms with Gasteiger partial charge in [0, 0.05) is 44.8 Å². The Hall–Kier alpha value is -1.67. The Morgan fingerprint density at radius 3 is 2.59 bits per heavy atom. The molecule has 0 bridgehead atoms. The molecule has 0 N–H and O–H groups in total. The van der Waals surface area contributed by atoms with Crippen molar-refractivity contribution < 1.29 is 8.42 Å². The summed E-state index contributed by atoms with van der Waals surface area (Å²) in [6.45, 7) is 5.16. The number of rotatable bonds is 8. The van der Waals surface area contributed by atoms with Gasteiger partial charge in [0.1, 0.15) is 5.82 Å². The summed E-state index contributed by atoms with van der Waals surface area (Å²) in [5, 5.41) is 0.210. The average Bonchev–Trinajstić information content (AvgIpc) is 3.20. The smallest absolute Gasteiger partial charge is 0.227 e. The van der Waals surface area contributed by atoms with Gasteiger partial charge >= 0.3 is 0 Å². The monoisotopic (exact) mass is 393 g/mol. The van der Waals surface area contributed by atoms with Crippen molar-refractivity contribution in [3.8, 4) is 0 Å². The molecule has 1 aliphatic rings. The number of hydrogen-bond donors (Lipinski definition) is 0. The second-order valence-corrected chi connectivity index (χ2v) is 9.73. The zero-order valence-electron chi connectivity index (χ0n) is 16.6. The van der Waals surface area contributed by atoms with Crippen molar-refractivity contribution in [1.82, 2.24) is 24.0 Å². The summed E-state index contributed by atoms with van der Waals surface area (Å²) in [5.74, 6) is 1.55. The molecule has 0 radical (unpaired) electrons. The van der Waals surface area contributed by atoms with E-state index in [0.717, 1.165) is 31.2 Å². The third kappa shape index (κ3) is 5.19. The summed E-state index contributed by atoms with van der Waals surface area (Å²) in [5.41, 5.74) is 0.978. The topological polar surface area (TPSA) is 73.0 Å². The molecule has 150 valence electrons. The Balaban J connectivity index is 1.71. The van der Waals surface area contributed by atoms with Gasteiger partial charge in [-0.25, -0.2) is 18.4 Å². The largest absolute Gasteiger partial charge is 0.334 e. The maximum Gasteiger partial charge on any atom is 0.227 e. The van der Waals surface area contributed by atoms with Gasteiger partial charge in [-0.15, -0.1) is 0 Å². The Kier molecular flexibility index (Phi) is 6.37. The second kappa shape index (κ2) is 8.56. The Labute approximate surface area is 162 Å². The summed E-state index contributed by atoms with van der Waals surface area (Å²) >= 11 is 0. The minimum absolute atomic E-state index is 0.210. The highest BCUT2D eigenvalue weighted by atomic mass is 32.2. The molecule has 0 unspecified atom stereocenters. The summed E-state index contributed by atoms with van der Waals surface area (Å²) in [7, 11) is -1.27. The SMILES string of the molecule is Cc1nccn1CCN(C)Cc1cnc(S(C)(=O)=O)n1CC1CCCCC1. The van der Waals surface area contributed by atoms with Crippen molar-refractivity contribution in [2.24, 2.45) is 5.92 Å². The van der Waals surface area contributed by atoms with Gasteiger partial charge in [-0.1, -0.05) is 19.3 Å². The van der Waals surface area contributed by atoms with E-state index < -0.39 is 9.84 Å². The molecule has 2 aromatic rings. The van der Waals surface area contributed by atoms with Crippen molar-refractivity contribution in [3.63, 3.8) is 0 Å². The maximum atomic E-state index is 12.2. The number of likely N-dealkylation sites (N-methyl/N-ethyl adjacent to an activating group) is 1. The van der Waals surface area contributed by atoms with E-state index in [9.17, 15) is 8.42 Å². The van der Waals surface area contributed by atoms with Crippen molar-refractivity contribution in [1.29, 1.82) is 0 Å². The highest BCUT2D eigenvalue weighted by molar-refractivity contribution is 7.90. The first-order chi connectivity index (χ1) is 12.8. The van der Waals surface area contributed by atoms with E-state index in [-0.39, 0.29) is 5.16 Å². The fourth-order valence-corrected chi connectivity index (χ4v) is 4.75. The molecule has 27 heavy (non-hydrogen) atoms. The zero-order valence-corrected chi connectivity index (χ0v) is 17.5.